The average Bonchev–Trinajstić information content (AvgIpc) is 3.26. The van der Waals surface area contributed by atoms with Gasteiger partial charge in [-0.25, -0.2) is 18.3 Å². The number of carbonyl (C=O) groups excluding carboxylic acids is 1. The second-order valence-electron chi connectivity index (χ2n) is 9.69. The zero-order valence-corrected chi connectivity index (χ0v) is 20.9. The van der Waals surface area contributed by atoms with E-state index in [-0.39, 0.29) is 13.2 Å². The highest BCUT2D eigenvalue weighted by Gasteiger charge is 2.46. The summed E-state index contributed by atoms with van der Waals surface area (Å²) in [6, 6.07) is 2.90. The first kappa shape index (κ1) is 25.3. The standard InChI is InChI=1S/C22H33F2N5O3Si/c1-16-10-19(27-29(16)15-31-8-9-33(3,4)5)18-11-25-7-6-17(18)12-28(2)21(30)26-20-13-32-14-22(20,23)24/h6-7,10-11,20H,8-9,12-15H2,1-5H3,(H,26,30). The quantitative estimate of drug-likeness (QED) is 0.436. The van der Waals surface area contributed by atoms with Crippen molar-refractivity contribution in [2.24, 2.45) is 0 Å². The van der Waals surface area contributed by atoms with Crippen LogP contribution < -0.4 is 5.32 Å². The summed E-state index contributed by atoms with van der Waals surface area (Å²) in [6.45, 7) is 9.27. The van der Waals surface area contributed by atoms with Gasteiger partial charge < -0.3 is 19.7 Å². The van der Waals surface area contributed by atoms with Crippen LogP contribution in [0.1, 0.15) is 11.3 Å². The minimum Gasteiger partial charge on any atom is -0.373 e. The van der Waals surface area contributed by atoms with Crippen LogP contribution in [0.4, 0.5) is 13.6 Å². The molecular formula is C22H33F2N5O3Si. The number of hydrogen-bond donors (Lipinski definition) is 1. The molecule has 2 amide bonds. The van der Waals surface area contributed by atoms with E-state index in [1.54, 1.807) is 30.2 Å². The third-order valence-corrected chi connectivity index (χ3v) is 7.22. The highest BCUT2D eigenvalue weighted by molar-refractivity contribution is 6.76. The van der Waals surface area contributed by atoms with Crippen molar-refractivity contribution in [2.75, 3.05) is 26.9 Å². The molecule has 2 aromatic heterocycles. The van der Waals surface area contributed by atoms with Gasteiger partial charge in [-0.2, -0.15) is 5.10 Å². The monoisotopic (exact) mass is 481 g/mol. The van der Waals surface area contributed by atoms with Crippen LogP contribution in [0.5, 0.6) is 0 Å². The summed E-state index contributed by atoms with van der Waals surface area (Å²) >= 11 is 0. The van der Waals surface area contributed by atoms with Crippen molar-refractivity contribution in [3.8, 4) is 11.3 Å². The third-order valence-electron chi connectivity index (χ3n) is 5.52. The lowest BCUT2D eigenvalue weighted by Crippen LogP contribution is -2.50. The van der Waals surface area contributed by atoms with Crippen molar-refractivity contribution in [3.05, 3.63) is 35.8 Å². The van der Waals surface area contributed by atoms with E-state index in [4.69, 9.17) is 9.47 Å². The van der Waals surface area contributed by atoms with Gasteiger partial charge in [0, 0.05) is 51.9 Å². The normalized spacial score (nSPS) is 17.8. The molecule has 33 heavy (non-hydrogen) atoms. The molecule has 1 atom stereocenters. The SMILES string of the molecule is Cc1cc(-c2cnccc2CN(C)C(=O)NC2COCC2(F)F)nn1COCC[Si](C)(C)C. The summed E-state index contributed by atoms with van der Waals surface area (Å²) in [7, 11) is 0.401. The molecule has 1 aliphatic heterocycles. The molecule has 3 rings (SSSR count). The number of hydrogen-bond acceptors (Lipinski definition) is 5. The maximum absolute atomic E-state index is 13.8. The molecular weight excluding hydrogens is 448 g/mol. The Bertz CT molecular complexity index is 964. The number of nitrogens with one attached hydrogen (secondary N) is 1. The van der Waals surface area contributed by atoms with Gasteiger partial charge in [-0.15, -0.1) is 0 Å². The Kier molecular flexibility index (Phi) is 7.86. The van der Waals surface area contributed by atoms with E-state index in [1.165, 1.54) is 4.90 Å². The molecule has 0 aliphatic carbocycles. The summed E-state index contributed by atoms with van der Waals surface area (Å²) in [5, 5.41) is 7.02. The number of aromatic nitrogens is 3. The Balaban J connectivity index is 1.66. The number of pyridine rings is 1. The summed E-state index contributed by atoms with van der Waals surface area (Å²) in [6.07, 6.45) is 3.32. The highest BCUT2D eigenvalue weighted by Crippen LogP contribution is 2.26. The van der Waals surface area contributed by atoms with E-state index in [2.05, 4.69) is 35.0 Å². The van der Waals surface area contributed by atoms with Crippen molar-refractivity contribution in [3.63, 3.8) is 0 Å². The van der Waals surface area contributed by atoms with Crippen LogP contribution in [0.3, 0.4) is 0 Å². The summed E-state index contributed by atoms with van der Waals surface area (Å²) in [5.41, 5.74) is 3.24. The lowest BCUT2D eigenvalue weighted by Gasteiger charge is -2.24. The van der Waals surface area contributed by atoms with E-state index in [0.717, 1.165) is 22.9 Å². The number of halogens is 2. The number of amides is 2. The van der Waals surface area contributed by atoms with Crippen molar-refractivity contribution < 1.29 is 23.0 Å². The zero-order valence-electron chi connectivity index (χ0n) is 19.9. The van der Waals surface area contributed by atoms with Gasteiger partial charge >= 0.3 is 6.03 Å². The first-order valence-corrected chi connectivity index (χ1v) is 14.7. The smallest absolute Gasteiger partial charge is 0.317 e. The summed E-state index contributed by atoms with van der Waals surface area (Å²) in [4.78, 5) is 18.1. The van der Waals surface area contributed by atoms with Crippen LogP contribution >= 0.6 is 0 Å². The van der Waals surface area contributed by atoms with Crippen LogP contribution in [0.2, 0.25) is 25.7 Å². The third kappa shape index (κ3) is 6.81. The van der Waals surface area contributed by atoms with Crippen molar-refractivity contribution >= 4 is 14.1 Å². The van der Waals surface area contributed by atoms with Gasteiger partial charge in [-0.05, 0) is 30.7 Å². The zero-order chi connectivity index (χ0) is 24.2. The molecule has 0 bridgehead atoms. The predicted molar refractivity (Wildman–Crippen MR) is 124 cm³/mol. The minimum absolute atomic E-state index is 0.205. The fraction of sp³-hybridized carbons (Fsp3) is 0.591. The number of alkyl halides is 2. The van der Waals surface area contributed by atoms with E-state index >= 15 is 0 Å². The van der Waals surface area contributed by atoms with Gasteiger partial charge in [0.25, 0.3) is 5.92 Å². The topological polar surface area (TPSA) is 81.5 Å². The maximum Gasteiger partial charge on any atom is 0.317 e. The first-order chi connectivity index (χ1) is 15.5. The molecule has 0 saturated carbocycles. The number of nitrogens with zero attached hydrogens (tertiary/aromatic N) is 4. The van der Waals surface area contributed by atoms with Crippen LogP contribution in [0.25, 0.3) is 11.3 Å². The van der Waals surface area contributed by atoms with Crippen LogP contribution in [0, 0.1) is 6.92 Å². The molecule has 3 heterocycles. The van der Waals surface area contributed by atoms with Gasteiger partial charge in [0.1, 0.15) is 19.4 Å². The van der Waals surface area contributed by atoms with E-state index in [1.807, 2.05) is 13.0 Å². The molecule has 8 nitrogen and oxygen atoms in total. The van der Waals surface area contributed by atoms with Crippen LogP contribution in [-0.4, -0.2) is 72.6 Å². The number of aryl methyl sites for hydroxylation is 1. The Morgan fingerprint density at radius 2 is 2.18 bits per heavy atom. The molecule has 0 aromatic carbocycles. The maximum atomic E-state index is 13.8. The van der Waals surface area contributed by atoms with Crippen LogP contribution in [-0.2, 0) is 22.7 Å². The van der Waals surface area contributed by atoms with Crippen molar-refractivity contribution in [1.29, 1.82) is 0 Å². The molecule has 1 aliphatic rings. The molecule has 2 aromatic rings. The Morgan fingerprint density at radius 1 is 1.42 bits per heavy atom. The van der Waals surface area contributed by atoms with Gasteiger partial charge in [-0.3, -0.25) is 4.98 Å². The van der Waals surface area contributed by atoms with E-state index < -0.39 is 32.7 Å². The number of urea groups is 1. The number of rotatable bonds is 9. The van der Waals surface area contributed by atoms with E-state index in [0.29, 0.717) is 19.0 Å². The molecule has 11 heteroatoms. The Labute approximate surface area is 194 Å². The summed E-state index contributed by atoms with van der Waals surface area (Å²) < 4.78 is 40.0. The minimum atomic E-state index is -3.07. The van der Waals surface area contributed by atoms with Gasteiger partial charge in [0.05, 0.1) is 12.3 Å². The van der Waals surface area contributed by atoms with Crippen molar-refractivity contribution in [1.82, 2.24) is 25.0 Å². The molecule has 1 saturated heterocycles. The number of carbonyl (C=O) groups is 1. The lowest BCUT2D eigenvalue weighted by atomic mass is 10.1. The molecule has 1 fully saturated rings. The molecule has 1 N–H and O–H groups in total. The Hall–Kier alpha value is -2.37. The largest absolute Gasteiger partial charge is 0.373 e. The fourth-order valence-electron chi connectivity index (χ4n) is 3.36. The molecule has 182 valence electrons. The second-order valence-corrected chi connectivity index (χ2v) is 15.3. The van der Waals surface area contributed by atoms with Crippen LogP contribution in [0.15, 0.2) is 24.5 Å². The Morgan fingerprint density at radius 3 is 2.85 bits per heavy atom. The predicted octanol–water partition coefficient (Wildman–Crippen LogP) is 3.74. The first-order valence-electron chi connectivity index (χ1n) is 11.0. The summed E-state index contributed by atoms with van der Waals surface area (Å²) in [5.74, 6) is -3.07. The fourth-order valence-corrected chi connectivity index (χ4v) is 4.12. The number of ether oxygens (including phenoxy) is 2. The highest BCUT2D eigenvalue weighted by atomic mass is 28.3. The second kappa shape index (κ2) is 10.3. The molecule has 0 spiro atoms. The van der Waals surface area contributed by atoms with E-state index in [9.17, 15) is 13.6 Å². The van der Waals surface area contributed by atoms with Gasteiger partial charge in [-0.1, -0.05) is 19.6 Å². The molecule has 1 unspecified atom stereocenters. The molecule has 0 radical (unpaired) electrons. The lowest BCUT2D eigenvalue weighted by molar-refractivity contribution is -0.0222. The van der Waals surface area contributed by atoms with Gasteiger partial charge in [0.2, 0.25) is 0 Å². The average molecular weight is 482 g/mol. The van der Waals surface area contributed by atoms with Crippen molar-refractivity contribution in [2.45, 2.75) is 57.8 Å². The van der Waals surface area contributed by atoms with Gasteiger partial charge in [0.15, 0.2) is 0 Å².